The molecule has 5 rings (SSSR count). The van der Waals surface area contributed by atoms with Crippen LogP contribution < -0.4 is 4.74 Å². The van der Waals surface area contributed by atoms with Crippen molar-refractivity contribution in [2.75, 3.05) is 13.7 Å². The van der Waals surface area contributed by atoms with Crippen molar-refractivity contribution >= 4 is 39.6 Å². The largest absolute Gasteiger partial charge is 0.503 e. The number of carbonyl (C=O) groups is 2. The SMILES string of the molecule is COc1ccc2[nH]cc(CCN3C(=O)C(O)=C(C(=O)c4cccs4)[C@H]3c3ccccc3[N+](=O)[O-])c2c1. The number of thiophene rings is 1. The van der Waals surface area contributed by atoms with E-state index in [2.05, 4.69) is 4.98 Å². The average molecular weight is 504 g/mol. The van der Waals surface area contributed by atoms with Gasteiger partial charge in [-0.05, 0) is 47.7 Å². The van der Waals surface area contributed by atoms with E-state index in [0.29, 0.717) is 17.0 Å². The third-order valence-electron chi connectivity index (χ3n) is 6.32. The summed E-state index contributed by atoms with van der Waals surface area (Å²) >= 11 is 1.17. The van der Waals surface area contributed by atoms with Crippen molar-refractivity contribution in [3.63, 3.8) is 0 Å². The number of benzene rings is 2. The molecule has 0 fully saturated rings. The molecule has 0 bridgehead atoms. The molecule has 1 aliphatic rings. The smallest absolute Gasteiger partial charge is 0.290 e. The molecular formula is C26H21N3O6S. The van der Waals surface area contributed by atoms with Crippen molar-refractivity contribution in [1.82, 2.24) is 9.88 Å². The number of hydrogen-bond acceptors (Lipinski definition) is 7. The van der Waals surface area contributed by atoms with Crippen LogP contribution in [0.25, 0.3) is 10.9 Å². The number of ether oxygens (including phenoxy) is 1. The normalized spacial score (nSPS) is 15.6. The zero-order chi connectivity index (χ0) is 25.4. The zero-order valence-corrected chi connectivity index (χ0v) is 20.0. The first-order valence-corrected chi connectivity index (χ1v) is 12.0. The Morgan fingerprint density at radius 1 is 1.22 bits per heavy atom. The van der Waals surface area contributed by atoms with Crippen LogP contribution in [0.15, 0.2) is 77.5 Å². The lowest BCUT2D eigenvalue weighted by atomic mass is 9.94. The molecule has 1 aliphatic heterocycles. The van der Waals surface area contributed by atoms with Crippen LogP contribution >= 0.6 is 11.3 Å². The van der Waals surface area contributed by atoms with Crippen molar-refractivity contribution < 1.29 is 24.4 Å². The molecule has 1 atom stereocenters. The molecule has 0 saturated heterocycles. The number of aromatic amines is 1. The van der Waals surface area contributed by atoms with Crippen LogP contribution in [0.3, 0.4) is 0 Å². The first kappa shape index (κ1) is 23.3. The third kappa shape index (κ3) is 3.91. The highest BCUT2D eigenvalue weighted by Gasteiger charge is 2.46. The molecule has 0 saturated carbocycles. The Hall–Kier alpha value is -4.44. The van der Waals surface area contributed by atoms with Crippen LogP contribution in [0.5, 0.6) is 5.75 Å². The average Bonchev–Trinajstić information content (AvgIpc) is 3.62. The van der Waals surface area contributed by atoms with Gasteiger partial charge in [0.25, 0.3) is 11.6 Å². The van der Waals surface area contributed by atoms with E-state index < -0.39 is 28.4 Å². The third-order valence-corrected chi connectivity index (χ3v) is 7.19. The van der Waals surface area contributed by atoms with Gasteiger partial charge in [0.15, 0.2) is 5.76 Å². The van der Waals surface area contributed by atoms with E-state index in [1.54, 1.807) is 30.7 Å². The van der Waals surface area contributed by atoms with Gasteiger partial charge in [-0.25, -0.2) is 0 Å². The lowest BCUT2D eigenvalue weighted by molar-refractivity contribution is -0.385. The maximum atomic E-state index is 13.4. The second-order valence-electron chi connectivity index (χ2n) is 8.26. The fourth-order valence-electron chi connectivity index (χ4n) is 4.60. The van der Waals surface area contributed by atoms with Gasteiger partial charge in [0, 0.05) is 29.7 Å². The number of Topliss-reactive ketones (excluding diaryl/α,β-unsaturated/α-hetero) is 1. The Balaban J connectivity index is 1.56. The highest BCUT2D eigenvalue weighted by Crippen LogP contribution is 2.42. The van der Waals surface area contributed by atoms with E-state index in [4.69, 9.17) is 4.74 Å². The fourth-order valence-corrected chi connectivity index (χ4v) is 5.28. The number of ketones is 1. The Labute approximate surface area is 209 Å². The molecule has 9 nitrogen and oxygen atoms in total. The van der Waals surface area contributed by atoms with Crippen LogP contribution in [0.1, 0.15) is 26.8 Å². The second kappa shape index (κ2) is 9.31. The zero-order valence-electron chi connectivity index (χ0n) is 19.1. The predicted octanol–water partition coefficient (Wildman–Crippen LogP) is 4.97. The molecule has 10 heteroatoms. The van der Waals surface area contributed by atoms with Crippen LogP contribution in [-0.4, -0.2) is 45.3 Å². The topological polar surface area (TPSA) is 126 Å². The number of fused-ring (bicyclic) bond motifs is 1. The maximum absolute atomic E-state index is 13.4. The number of amides is 1. The molecule has 182 valence electrons. The summed E-state index contributed by atoms with van der Waals surface area (Å²) in [5, 5.41) is 25.3. The molecule has 2 aromatic carbocycles. The van der Waals surface area contributed by atoms with Gasteiger partial charge in [0.1, 0.15) is 5.75 Å². The standard InChI is InChI=1S/C26H21N3O6S/c1-35-16-8-9-19-18(13-16)15(14-27-19)10-11-28-23(17-5-2-3-6-20(17)29(33)34)22(25(31)26(28)32)24(30)21-7-4-12-36-21/h2-9,12-14,23,27,31H,10-11H2,1H3/t23-/m1/s1. The van der Waals surface area contributed by atoms with E-state index in [-0.39, 0.29) is 23.4 Å². The molecule has 0 radical (unpaired) electrons. The van der Waals surface area contributed by atoms with Crippen molar-refractivity contribution in [1.29, 1.82) is 0 Å². The van der Waals surface area contributed by atoms with E-state index in [1.807, 2.05) is 24.4 Å². The number of para-hydroxylation sites is 1. The first-order valence-electron chi connectivity index (χ1n) is 11.1. The molecule has 2 aromatic heterocycles. The van der Waals surface area contributed by atoms with Crippen molar-refractivity contribution in [3.8, 4) is 5.75 Å². The molecule has 0 unspecified atom stereocenters. The maximum Gasteiger partial charge on any atom is 0.290 e. The molecule has 4 aromatic rings. The van der Waals surface area contributed by atoms with Gasteiger partial charge in [0.05, 0.1) is 34.1 Å². The van der Waals surface area contributed by atoms with Crippen LogP contribution in [0, 0.1) is 10.1 Å². The Bertz CT molecular complexity index is 1520. The summed E-state index contributed by atoms with van der Waals surface area (Å²) in [5.74, 6) is -1.27. The van der Waals surface area contributed by atoms with Gasteiger partial charge >= 0.3 is 0 Å². The molecule has 2 N–H and O–H groups in total. The van der Waals surface area contributed by atoms with Gasteiger partial charge < -0.3 is 19.7 Å². The minimum atomic E-state index is -1.10. The van der Waals surface area contributed by atoms with E-state index in [0.717, 1.165) is 16.5 Å². The lowest BCUT2D eigenvalue weighted by Gasteiger charge is -2.26. The number of nitro groups is 1. The van der Waals surface area contributed by atoms with Gasteiger partial charge in [0.2, 0.25) is 5.78 Å². The minimum absolute atomic E-state index is 0.116. The summed E-state index contributed by atoms with van der Waals surface area (Å²) in [7, 11) is 1.58. The molecule has 36 heavy (non-hydrogen) atoms. The highest BCUT2D eigenvalue weighted by atomic mass is 32.1. The van der Waals surface area contributed by atoms with E-state index in [1.165, 1.54) is 34.4 Å². The molecular weight excluding hydrogens is 482 g/mol. The van der Waals surface area contributed by atoms with Crippen LogP contribution in [-0.2, 0) is 11.2 Å². The summed E-state index contributed by atoms with van der Waals surface area (Å²) in [6.45, 7) is 0.116. The Kier molecular flexibility index (Phi) is 6.03. The van der Waals surface area contributed by atoms with E-state index >= 15 is 0 Å². The predicted molar refractivity (Wildman–Crippen MR) is 134 cm³/mol. The van der Waals surface area contributed by atoms with Gasteiger partial charge in [-0.15, -0.1) is 11.3 Å². The molecule has 3 heterocycles. The van der Waals surface area contributed by atoms with Crippen molar-refractivity contribution in [2.45, 2.75) is 12.5 Å². The van der Waals surface area contributed by atoms with Crippen LogP contribution in [0.4, 0.5) is 5.69 Å². The number of aliphatic hydroxyl groups excluding tert-OH is 1. The molecule has 1 amide bonds. The minimum Gasteiger partial charge on any atom is -0.503 e. The first-order chi connectivity index (χ1) is 17.4. The number of aromatic nitrogens is 1. The monoisotopic (exact) mass is 503 g/mol. The summed E-state index contributed by atoms with van der Waals surface area (Å²) in [5.41, 5.74) is 1.57. The number of nitrogens with one attached hydrogen (secondary N) is 1. The fraction of sp³-hybridized carbons (Fsp3) is 0.154. The highest BCUT2D eigenvalue weighted by molar-refractivity contribution is 7.12. The number of rotatable bonds is 8. The van der Waals surface area contributed by atoms with Crippen LogP contribution in [0.2, 0.25) is 0 Å². The summed E-state index contributed by atoms with van der Waals surface area (Å²) in [6.07, 6.45) is 2.21. The number of H-pyrrole nitrogens is 1. The summed E-state index contributed by atoms with van der Waals surface area (Å²) < 4.78 is 5.32. The van der Waals surface area contributed by atoms with Crippen molar-refractivity contribution in [2.24, 2.45) is 0 Å². The lowest BCUT2D eigenvalue weighted by Crippen LogP contribution is -2.33. The number of nitro benzene ring substituents is 1. The number of aliphatic hydroxyl groups is 1. The molecule has 0 spiro atoms. The van der Waals surface area contributed by atoms with Gasteiger partial charge in [-0.2, -0.15) is 0 Å². The van der Waals surface area contributed by atoms with Gasteiger partial charge in [-0.3, -0.25) is 19.7 Å². The quantitative estimate of drug-likeness (QED) is 0.199. The number of nitrogens with zero attached hydrogens (tertiary/aromatic N) is 2. The Morgan fingerprint density at radius 3 is 2.75 bits per heavy atom. The summed E-state index contributed by atoms with van der Waals surface area (Å²) in [6, 6.07) is 13.8. The Morgan fingerprint density at radius 2 is 2.03 bits per heavy atom. The van der Waals surface area contributed by atoms with E-state index in [9.17, 15) is 24.8 Å². The number of hydrogen-bond donors (Lipinski definition) is 2. The van der Waals surface area contributed by atoms with Crippen molar-refractivity contribution in [3.05, 3.63) is 104 Å². The molecule has 0 aliphatic carbocycles. The van der Waals surface area contributed by atoms with Gasteiger partial charge in [-0.1, -0.05) is 18.2 Å². The second-order valence-corrected chi connectivity index (χ2v) is 9.21. The number of carbonyl (C=O) groups excluding carboxylic acids is 2. The number of methoxy groups -OCH3 is 1. The summed E-state index contributed by atoms with van der Waals surface area (Å²) in [4.78, 5) is 42.8.